The zero-order valence-electron chi connectivity index (χ0n) is 14.7. The molecule has 0 unspecified atom stereocenters. The van der Waals surface area contributed by atoms with Crippen LogP contribution in [0.5, 0.6) is 5.75 Å². The third kappa shape index (κ3) is 4.83. The van der Waals surface area contributed by atoms with Gasteiger partial charge in [0, 0.05) is 25.6 Å². The second kappa shape index (κ2) is 8.33. The van der Waals surface area contributed by atoms with E-state index < -0.39 is 5.82 Å². The number of carbonyl (C=O) groups excluding carboxylic acids is 1. The second-order valence-electron chi connectivity index (χ2n) is 5.73. The summed E-state index contributed by atoms with van der Waals surface area (Å²) in [5.41, 5.74) is 1.95. The van der Waals surface area contributed by atoms with E-state index in [9.17, 15) is 9.18 Å². The number of nitrogens with zero attached hydrogens (tertiary/aromatic N) is 1. The van der Waals surface area contributed by atoms with Gasteiger partial charge in [0.05, 0.1) is 20.0 Å². The SMILES string of the molecule is C=C(Cc1ccc(F)cc1C(=O)N(C)Cc1ccc(OC)cc1)OC. The van der Waals surface area contributed by atoms with Gasteiger partial charge in [-0.25, -0.2) is 4.39 Å². The maximum atomic E-state index is 13.7. The molecule has 0 aromatic heterocycles. The maximum Gasteiger partial charge on any atom is 0.254 e. The van der Waals surface area contributed by atoms with Crippen molar-refractivity contribution >= 4 is 5.91 Å². The third-order valence-corrected chi connectivity index (χ3v) is 3.90. The average molecular weight is 343 g/mol. The predicted molar refractivity (Wildman–Crippen MR) is 95.0 cm³/mol. The number of methoxy groups -OCH3 is 2. The van der Waals surface area contributed by atoms with E-state index in [1.165, 1.54) is 19.2 Å². The van der Waals surface area contributed by atoms with Gasteiger partial charge in [-0.15, -0.1) is 0 Å². The molecule has 0 aliphatic rings. The van der Waals surface area contributed by atoms with Gasteiger partial charge in [0.15, 0.2) is 0 Å². The molecule has 0 saturated heterocycles. The minimum absolute atomic E-state index is 0.255. The quantitative estimate of drug-likeness (QED) is 0.718. The van der Waals surface area contributed by atoms with Gasteiger partial charge in [-0.3, -0.25) is 4.79 Å². The molecule has 2 aromatic rings. The summed E-state index contributed by atoms with van der Waals surface area (Å²) in [4.78, 5) is 14.3. The average Bonchev–Trinajstić information content (AvgIpc) is 2.63. The lowest BCUT2D eigenvalue weighted by Crippen LogP contribution is -2.27. The molecule has 25 heavy (non-hydrogen) atoms. The molecule has 0 aliphatic carbocycles. The summed E-state index contributed by atoms with van der Waals surface area (Å²) in [6.07, 6.45) is 0.355. The number of rotatable bonds is 7. The van der Waals surface area contributed by atoms with E-state index >= 15 is 0 Å². The fourth-order valence-corrected chi connectivity index (χ4v) is 2.47. The van der Waals surface area contributed by atoms with Gasteiger partial charge in [-0.1, -0.05) is 24.8 Å². The zero-order chi connectivity index (χ0) is 18.4. The number of hydrogen-bond acceptors (Lipinski definition) is 3. The van der Waals surface area contributed by atoms with Crippen LogP contribution in [0.3, 0.4) is 0 Å². The van der Waals surface area contributed by atoms with Crippen molar-refractivity contribution in [1.29, 1.82) is 0 Å². The number of ether oxygens (including phenoxy) is 2. The first kappa shape index (κ1) is 18.5. The fourth-order valence-electron chi connectivity index (χ4n) is 2.47. The molecule has 0 saturated carbocycles. The lowest BCUT2D eigenvalue weighted by atomic mass is 10.0. The molecule has 1 amide bonds. The Morgan fingerprint density at radius 1 is 1.16 bits per heavy atom. The van der Waals surface area contributed by atoms with E-state index in [1.807, 2.05) is 24.3 Å². The van der Waals surface area contributed by atoms with Crippen molar-refractivity contribution in [3.63, 3.8) is 0 Å². The topological polar surface area (TPSA) is 38.8 Å². The van der Waals surface area contributed by atoms with Gasteiger partial charge in [-0.2, -0.15) is 0 Å². The highest BCUT2D eigenvalue weighted by molar-refractivity contribution is 5.95. The molecule has 2 aromatic carbocycles. The Balaban J connectivity index is 2.19. The molecule has 0 spiro atoms. The molecule has 0 atom stereocenters. The number of benzene rings is 2. The third-order valence-electron chi connectivity index (χ3n) is 3.90. The van der Waals surface area contributed by atoms with Crippen molar-refractivity contribution in [1.82, 2.24) is 4.90 Å². The smallest absolute Gasteiger partial charge is 0.254 e. The number of halogens is 1. The van der Waals surface area contributed by atoms with Crippen LogP contribution in [-0.4, -0.2) is 32.1 Å². The number of hydrogen-bond donors (Lipinski definition) is 0. The van der Waals surface area contributed by atoms with Gasteiger partial charge >= 0.3 is 0 Å². The van der Waals surface area contributed by atoms with Gasteiger partial charge in [0.2, 0.25) is 0 Å². The van der Waals surface area contributed by atoms with E-state index in [0.717, 1.165) is 11.3 Å². The molecule has 0 heterocycles. The molecule has 132 valence electrons. The highest BCUT2D eigenvalue weighted by Gasteiger charge is 2.18. The normalized spacial score (nSPS) is 10.2. The number of carbonyl (C=O) groups is 1. The van der Waals surface area contributed by atoms with Crippen molar-refractivity contribution in [3.8, 4) is 5.75 Å². The van der Waals surface area contributed by atoms with Crippen molar-refractivity contribution in [3.05, 3.63) is 77.3 Å². The molecule has 5 heteroatoms. The number of allylic oxidation sites excluding steroid dienone is 1. The van der Waals surface area contributed by atoms with Gasteiger partial charge in [0.25, 0.3) is 5.91 Å². The van der Waals surface area contributed by atoms with Crippen molar-refractivity contribution in [2.45, 2.75) is 13.0 Å². The standard InChI is InChI=1S/C20H22FNO3/c1-14(24-3)11-16-7-8-17(21)12-19(16)20(23)22(2)13-15-5-9-18(25-4)10-6-15/h5-10,12H,1,11,13H2,2-4H3. The van der Waals surface area contributed by atoms with Crippen LogP contribution in [0.15, 0.2) is 54.8 Å². The van der Waals surface area contributed by atoms with Crippen LogP contribution in [-0.2, 0) is 17.7 Å². The van der Waals surface area contributed by atoms with Crippen LogP contribution in [0.2, 0.25) is 0 Å². The first-order valence-electron chi connectivity index (χ1n) is 7.83. The molecule has 0 radical (unpaired) electrons. The molecule has 2 rings (SSSR count). The Morgan fingerprint density at radius 2 is 1.84 bits per heavy atom. The molecular weight excluding hydrogens is 321 g/mol. The van der Waals surface area contributed by atoms with E-state index in [2.05, 4.69) is 6.58 Å². The molecule has 0 N–H and O–H groups in total. The first-order valence-corrected chi connectivity index (χ1v) is 7.83. The van der Waals surface area contributed by atoms with Crippen LogP contribution >= 0.6 is 0 Å². The van der Waals surface area contributed by atoms with E-state index in [1.54, 1.807) is 25.1 Å². The lowest BCUT2D eigenvalue weighted by molar-refractivity contribution is 0.0783. The summed E-state index contributed by atoms with van der Waals surface area (Å²) in [5.74, 6) is 0.559. The van der Waals surface area contributed by atoms with Crippen LogP contribution in [0.1, 0.15) is 21.5 Å². The maximum absolute atomic E-state index is 13.7. The van der Waals surface area contributed by atoms with Gasteiger partial charge in [-0.05, 0) is 35.4 Å². The second-order valence-corrected chi connectivity index (χ2v) is 5.73. The van der Waals surface area contributed by atoms with E-state index in [0.29, 0.717) is 29.9 Å². The Kier molecular flexibility index (Phi) is 6.17. The summed E-state index contributed by atoms with van der Waals surface area (Å²) in [6, 6.07) is 11.6. The number of amides is 1. The molecule has 0 aliphatic heterocycles. The van der Waals surface area contributed by atoms with Gasteiger partial charge in [0.1, 0.15) is 11.6 Å². The van der Waals surface area contributed by atoms with Crippen LogP contribution in [0.4, 0.5) is 4.39 Å². The lowest BCUT2D eigenvalue weighted by Gasteiger charge is -2.20. The molecule has 0 fully saturated rings. The Morgan fingerprint density at radius 3 is 2.44 bits per heavy atom. The molecule has 4 nitrogen and oxygen atoms in total. The zero-order valence-corrected chi connectivity index (χ0v) is 14.7. The van der Waals surface area contributed by atoms with Gasteiger partial charge < -0.3 is 14.4 Å². The first-order chi connectivity index (χ1) is 11.9. The monoisotopic (exact) mass is 343 g/mol. The Bertz CT molecular complexity index is 756. The minimum atomic E-state index is -0.451. The van der Waals surface area contributed by atoms with E-state index in [-0.39, 0.29) is 5.91 Å². The molecule has 0 bridgehead atoms. The summed E-state index contributed by atoms with van der Waals surface area (Å²) in [7, 11) is 4.81. The summed E-state index contributed by atoms with van der Waals surface area (Å²) in [5, 5.41) is 0. The minimum Gasteiger partial charge on any atom is -0.501 e. The molecular formula is C20H22FNO3. The van der Waals surface area contributed by atoms with Crippen molar-refractivity contribution in [2.24, 2.45) is 0 Å². The van der Waals surface area contributed by atoms with Crippen LogP contribution in [0, 0.1) is 5.82 Å². The highest BCUT2D eigenvalue weighted by Crippen LogP contribution is 2.19. The Hall–Kier alpha value is -2.82. The van der Waals surface area contributed by atoms with E-state index in [4.69, 9.17) is 9.47 Å². The summed E-state index contributed by atoms with van der Waals surface area (Å²) < 4.78 is 23.9. The Labute approximate surface area is 147 Å². The van der Waals surface area contributed by atoms with Crippen LogP contribution in [0.25, 0.3) is 0 Å². The van der Waals surface area contributed by atoms with Crippen molar-refractivity contribution < 1.29 is 18.7 Å². The fraction of sp³-hybridized carbons (Fsp3) is 0.250. The predicted octanol–water partition coefficient (Wildman–Crippen LogP) is 3.81. The summed E-state index contributed by atoms with van der Waals surface area (Å²) in [6.45, 7) is 4.17. The summed E-state index contributed by atoms with van der Waals surface area (Å²) >= 11 is 0. The van der Waals surface area contributed by atoms with Crippen LogP contribution < -0.4 is 4.74 Å². The highest BCUT2D eigenvalue weighted by atomic mass is 19.1. The van der Waals surface area contributed by atoms with Crippen molar-refractivity contribution in [2.75, 3.05) is 21.3 Å². The largest absolute Gasteiger partial charge is 0.501 e.